The molecule has 0 saturated heterocycles. The first kappa shape index (κ1) is 8.72. The molecule has 0 atom stereocenters. The number of aliphatic hydroxyl groups excluding tert-OH is 1. The van der Waals surface area contributed by atoms with Gasteiger partial charge in [0, 0.05) is 12.8 Å². The number of nitrogens with one attached hydrogen (secondary N) is 1. The van der Waals surface area contributed by atoms with Crippen LogP contribution in [-0.2, 0) is 0 Å². The van der Waals surface area contributed by atoms with E-state index in [1.165, 1.54) is 0 Å². The van der Waals surface area contributed by atoms with Crippen LogP contribution in [0.5, 0.6) is 0 Å². The van der Waals surface area contributed by atoms with Gasteiger partial charge in [-0.25, -0.2) is 0 Å². The van der Waals surface area contributed by atoms with Crippen molar-refractivity contribution in [3.63, 3.8) is 0 Å². The Morgan fingerprint density at radius 1 is 1.78 bits per heavy atom. The summed E-state index contributed by atoms with van der Waals surface area (Å²) >= 11 is 3.23. The van der Waals surface area contributed by atoms with Gasteiger partial charge >= 0.3 is 0 Å². The summed E-state index contributed by atoms with van der Waals surface area (Å²) in [6, 6.07) is 3.88. The Balaban J connectivity index is 0.000000187. The van der Waals surface area contributed by atoms with Crippen molar-refractivity contribution < 1.29 is 5.11 Å². The zero-order chi connectivity index (χ0) is 7.11. The molecule has 3 heteroatoms. The second-order valence-electron chi connectivity index (χ2n) is 1.33. The maximum atomic E-state index is 7.57. The van der Waals surface area contributed by atoms with Crippen molar-refractivity contribution in [2.75, 3.05) is 6.61 Å². The standard InChI is InChI=1S/C4H4BrN.C2H6O/c5-4-2-1-3-6-4;1-2-3/h1-3,6H;3H,2H2,1H3. The van der Waals surface area contributed by atoms with Gasteiger partial charge in [0.15, 0.2) is 0 Å². The molecule has 9 heavy (non-hydrogen) atoms. The maximum absolute atomic E-state index is 7.57. The second kappa shape index (κ2) is 5.85. The highest BCUT2D eigenvalue weighted by Gasteiger charge is 1.74. The van der Waals surface area contributed by atoms with Crippen LogP contribution in [0, 0.1) is 0 Å². The Kier molecular flexibility index (Phi) is 5.67. The van der Waals surface area contributed by atoms with Crippen molar-refractivity contribution >= 4 is 15.9 Å². The van der Waals surface area contributed by atoms with Crippen LogP contribution >= 0.6 is 15.9 Å². The molecular formula is C6H10BrNO. The predicted molar refractivity (Wildman–Crippen MR) is 41.3 cm³/mol. The van der Waals surface area contributed by atoms with Crippen molar-refractivity contribution in [3.8, 4) is 0 Å². The average molecular weight is 192 g/mol. The fourth-order valence-corrected chi connectivity index (χ4v) is 0.593. The molecule has 0 radical (unpaired) electrons. The molecule has 0 unspecified atom stereocenters. The highest BCUT2D eigenvalue weighted by molar-refractivity contribution is 9.10. The van der Waals surface area contributed by atoms with Crippen molar-refractivity contribution in [1.82, 2.24) is 4.98 Å². The molecule has 0 aromatic carbocycles. The van der Waals surface area contributed by atoms with E-state index >= 15 is 0 Å². The Hall–Kier alpha value is -0.280. The average Bonchev–Trinajstić information content (AvgIpc) is 2.20. The summed E-state index contributed by atoms with van der Waals surface area (Å²) in [5.74, 6) is 0. The van der Waals surface area contributed by atoms with Gasteiger partial charge < -0.3 is 10.1 Å². The molecule has 52 valence electrons. The molecule has 2 nitrogen and oxygen atoms in total. The van der Waals surface area contributed by atoms with Crippen LogP contribution in [0.15, 0.2) is 22.9 Å². The number of hydrogen-bond donors (Lipinski definition) is 2. The first-order valence-electron chi connectivity index (χ1n) is 2.71. The number of aliphatic hydroxyl groups is 1. The van der Waals surface area contributed by atoms with E-state index in [-0.39, 0.29) is 6.61 Å². The largest absolute Gasteiger partial charge is 0.397 e. The molecule has 1 heterocycles. The summed E-state index contributed by atoms with van der Waals surface area (Å²) in [6.07, 6.45) is 1.87. The van der Waals surface area contributed by atoms with Gasteiger partial charge in [0.05, 0.1) is 4.60 Å². The number of aromatic nitrogens is 1. The molecule has 0 saturated carbocycles. The third-order valence-electron chi connectivity index (χ3n) is 0.560. The number of rotatable bonds is 0. The minimum absolute atomic E-state index is 0.250. The Morgan fingerprint density at radius 3 is 2.44 bits per heavy atom. The fourth-order valence-electron chi connectivity index (χ4n) is 0.308. The maximum Gasteiger partial charge on any atom is 0.0820 e. The van der Waals surface area contributed by atoms with Gasteiger partial charge in [0.2, 0.25) is 0 Å². The highest BCUT2D eigenvalue weighted by Crippen LogP contribution is 2.01. The molecule has 0 spiro atoms. The molecule has 2 N–H and O–H groups in total. The number of halogens is 1. The molecular weight excluding hydrogens is 182 g/mol. The topological polar surface area (TPSA) is 36.0 Å². The van der Waals surface area contributed by atoms with Crippen LogP contribution in [0.2, 0.25) is 0 Å². The van der Waals surface area contributed by atoms with E-state index in [2.05, 4.69) is 20.9 Å². The van der Waals surface area contributed by atoms with Gasteiger partial charge in [-0.05, 0) is 35.0 Å². The van der Waals surface area contributed by atoms with Crippen LogP contribution in [0.4, 0.5) is 0 Å². The SMILES string of the molecule is Brc1ccc[nH]1.CCO. The molecule has 0 aliphatic rings. The number of aromatic amines is 1. The zero-order valence-electron chi connectivity index (χ0n) is 5.26. The minimum atomic E-state index is 0.250. The first-order chi connectivity index (χ1) is 4.31. The summed E-state index contributed by atoms with van der Waals surface area (Å²) in [5.41, 5.74) is 0. The lowest BCUT2D eigenvalue weighted by Crippen LogP contribution is -1.57. The Labute approximate surface area is 63.0 Å². The Bertz CT molecular complexity index is 128. The normalized spacial score (nSPS) is 7.89. The van der Waals surface area contributed by atoms with Gasteiger partial charge in [-0.2, -0.15) is 0 Å². The third-order valence-corrected chi connectivity index (χ3v) is 1.05. The van der Waals surface area contributed by atoms with Crippen molar-refractivity contribution in [3.05, 3.63) is 22.9 Å². The smallest absolute Gasteiger partial charge is 0.0820 e. The molecule has 0 amide bonds. The first-order valence-corrected chi connectivity index (χ1v) is 3.50. The van der Waals surface area contributed by atoms with Crippen LogP contribution < -0.4 is 0 Å². The van der Waals surface area contributed by atoms with E-state index in [0.29, 0.717) is 0 Å². The number of hydrogen-bond acceptors (Lipinski definition) is 1. The van der Waals surface area contributed by atoms with E-state index in [1.54, 1.807) is 6.92 Å². The van der Waals surface area contributed by atoms with Crippen molar-refractivity contribution in [2.45, 2.75) is 6.92 Å². The van der Waals surface area contributed by atoms with Gasteiger partial charge in [0.25, 0.3) is 0 Å². The van der Waals surface area contributed by atoms with E-state index < -0.39 is 0 Å². The minimum Gasteiger partial charge on any atom is -0.397 e. The van der Waals surface area contributed by atoms with Crippen LogP contribution in [-0.4, -0.2) is 16.7 Å². The third kappa shape index (κ3) is 5.59. The van der Waals surface area contributed by atoms with Crippen molar-refractivity contribution in [2.24, 2.45) is 0 Å². The van der Waals surface area contributed by atoms with E-state index in [0.717, 1.165) is 4.60 Å². The molecule has 1 aromatic heterocycles. The van der Waals surface area contributed by atoms with Gasteiger partial charge in [-0.1, -0.05) is 0 Å². The lowest BCUT2D eigenvalue weighted by Gasteiger charge is -1.67. The van der Waals surface area contributed by atoms with Gasteiger partial charge in [-0.3, -0.25) is 0 Å². The lowest BCUT2D eigenvalue weighted by molar-refractivity contribution is 0.318. The molecule has 1 rings (SSSR count). The van der Waals surface area contributed by atoms with Gasteiger partial charge in [0.1, 0.15) is 0 Å². The quantitative estimate of drug-likeness (QED) is 0.645. The molecule has 0 fully saturated rings. The van der Waals surface area contributed by atoms with Crippen molar-refractivity contribution in [1.29, 1.82) is 0 Å². The van der Waals surface area contributed by atoms with E-state index in [4.69, 9.17) is 5.11 Å². The molecule has 1 aromatic rings. The lowest BCUT2D eigenvalue weighted by atomic mass is 10.7. The molecule has 0 aliphatic heterocycles. The molecule has 0 bridgehead atoms. The summed E-state index contributed by atoms with van der Waals surface area (Å²) in [7, 11) is 0. The zero-order valence-corrected chi connectivity index (χ0v) is 6.85. The van der Waals surface area contributed by atoms with Crippen LogP contribution in [0.3, 0.4) is 0 Å². The predicted octanol–water partition coefficient (Wildman–Crippen LogP) is 1.78. The number of H-pyrrole nitrogens is 1. The summed E-state index contributed by atoms with van der Waals surface area (Å²) in [6.45, 7) is 1.93. The molecule has 0 aliphatic carbocycles. The monoisotopic (exact) mass is 191 g/mol. The van der Waals surface area contributed by atoms with E-state index in [1.807, 2.05) is 18.3 Å². The second-order valence-corrected chi connectivity index (χ2v) is 2.19. The summed E-state index contributed by atoms with van der Waals surface area (Å²) < 4.78 is 1.03. The van der Waals surface area contributed by atoms with E-state index in [9.17, 15) is 0 Å². The summed E-state index contributed by atoms with van der Waals surface area (Å²) in [4.78, 5) is 2.92. The Morgan fingerprint density at radius 2 is 2.33 bits per heavy atom. The fraction of sp³-hybridized carbons (Fsp3) is 0.333. The highest BCUT2D eigenvalue weighted by atomic mass is 79.9. The van der Waals surface area contributed by atoms with Crippen LogP contribution in [0.1, 0.15) is 6.92 Å². The van der Waals surface area contributed by atoms with Gasteiger partial charge in [-0.15, -0.1) is 0 Å². The van der Waals surface area contributed by atoms with Crippen LogP contribution in [0.25, 0.3) is 0 Å². The summed E-state index contributed by atoms with van der Waals surface area (Å²) in [5, 5.41) is 7.57.